The molecule has 1 aliphatic rings. The number of aromatic nitrogens is 2. The van der Waals surface area contributed by atoms with E-state index < -0.39 is 0 Å². The van der Waals surface area contributed by atoms with Gasteiger partial charge in [-0.15, -0.1) is 0 Å². The van der Waals surface area contributed by atoms with Crippen molar-refractivity contribution in [1.82, 2.24) is 9.97 Å². The molecule has 0 amide bonds. The summed E-state index contributed by atoms with van der Waals surface area (Å²) in [6.07, 6.45) is 6.10. The maximum absolute atomic E-state index is 11.3. The summed E-state index contributed by atoms with van der Waals surface area (Å²) in [5, 5.41) is 12.0. The van der Waals surface area contributed by atoms with E-state index in [2.05, 4.69) is 16.0 Å². The lowest BCUT2D eigenvalue weighted by Crippen LogP contribution is -2.05. The van der Waals surface area contributed by atoms with Crippen LogP contribution in [-0.4, -0.2) is 21.0 Å². The smallest absolute Gasteiger partial charge is 0.136 e. The fraction of sp³-hybridized carbons (Fsp3) is 0.158. The molecule has 5 heteroatoms. The first-order chi connectivity index (χ1) is 11.8. The highest BCUT2D eigenvalue weighted by Crippen LogP contribution is 2.51. The van der Waals surface area contributed by atoms with Crippen LogP contribution in [-0.2, 0) is 4.79 Å². The molecule has 0 aliphatic heterocycles. The van der Waals surface area contributed by atoms with Crippen LogP contribution in [0.2, 0.25) is 0 Å². The number of fused-ring (bicyclic) bond motifs is 1. The maximum Gasteiger partial charge on any atom is 0.136 e. The van der Waals surface area contributed by atoms with E-state index in [0.29, 0.717) is 5.56 Å². The van der Waals surface area contributed by atoms with Crippen molar-refractivity contribution < 1.29 is 4.79 Å². The van der Waals surface area contributed by atoms with Crippen molar-refractivity contribution in [1.29, 1.82) is 5.26 Å². The third-order valence-electron chi connectivity index (χ3n) is 4.27. The third kappa shape index (κ3) is 2.45. The van der Waals surface area contributed by atoms with Crippen molar-refractivity contribution in [2.24, 2.45) is 0 Å². The molecule has 1 fully saturated rings. The van der Waals surface area contributed by atoms with Crippen LogP contribution >= 0.6 is 11.8 Å². The summed E-state index contributed by atoms with van der Waals surface area (Å²) in [5.74, 6) is 0. The minimum atomic E-state index is -0.328. The second-order valence-electron chi connectivity index (χ2n) is 5.84. The van der Waals surface area contributed by atoms with E-state index in [1.165, 1.54) is 18.1 Å². The number of benzene rings is 2. The van der Waals surface area contributed by atoms with E-state index in [1.54, 1.807) is 6.20 Å². The molecule has 24 heavy (non-hydrogen) atoms. The Morgan fingerprint density at radius 3 is 2.62 bits per heavy atom. The largest absolute Gasteiger partial charge is 0.302 e. The summed E-state index contributed by atoms with van der Waals surface area (Å²) in [6.45, 7) is 0. The topological polar surface area (TPSA) is 66.6 Å². The van der Waals surface area contributed by atoms with Gasteiger partial charge in [-0.2, -0.15) is 5.26 Å². The molecule has 1 aliphatic carbocycles. The Kier molecular flexibility index (Phi) is 3.55. The van der Waals surface area contributed by atoms with Gasteiger partial charge in [-0.1, -0.05) is 42.1 Å². The molecule has 0 saturated heterocycles. The quantitative estimate of drug-likeness (QED) is 0.534. The fourth-order valence-corrected chi connectivity index (χ4v) is 3.89. The summed E-state index contributed by atoms with van der Waals surface area (Å²) < 4.78 is -0.328. The van der Waals surface area contributed by atoms with Crippen molar-refractivity contribution >= 4 is 28.8 Å². The second-order valence-corrected chi connectivity index (χ2v) is 7.25. The third-order valence-corrected chi connectivity index (χ3v) is 5.70. The summed E-state index contributed by atoms with van der Waals surface area (Å²) in [5.41, 5.74) is 2.53. The lowest BCUT2D eigenvalue weighted by Gasteiger charge is -2.13. The zero-order valence-corrected chi connectivity index (χ0v) is 13.6. The van der Waals surface area contributed by atoms with Gasteiger partial charge in [-0.05, 0) is 29.9 Å². The average molecular weight is 331 g/mol. The molecular weight excluding hydrogens is 318 g/mol. The zero-order valence-electron chi connectivity index (χ0n) is 12.8. The monoisotopic (exact) mass is 331 g/mol. The van der Waals surface area contributed by atoms with Gasteiger partial charge < -0.3 is 4.79 Å². The Balaban J connectivity index is 1.90. The van der Waals surface area contributed by atoms with Gasteiger partial charge >= 0.3 is 0 Å². The molecule has 116 valence electrons. The van der Waals surface area contributed by atoms with Gasteiger partial charge in [0.2, 0.25) is 0 Å². The molecule has 4 rings (SSSR count). The van der Waals surface area contributed by atoms with Crippen LogP contribution in [0.3, 0.4) is 0 Å². The molecule has 2 aromatic carbocycles. The molecule has 0 spiro atoms. The van der Waals surface area contributed by atoms with Crippen LogP contribution in [0.5, 0.6) is 0 Å². The predicted molar refractivity (Wildman–Crippen MR) is 93.6 cm³/mol. The molecule has 4 nitrogen and oxygen atoms in total. The molecule has 0 N–H and O–H groups in total. The van der Waals surface area contributed by atoms with Gasteiger partial charge in [0.1, 0.15) is 17.6 Å². The highest BCUT2D eigenvalue weighted by molar-refractivity contribution is 8.01. The predicted octanol–water partition coefficient (Wildman–Crippen LogP) is 3.99. The first-order valence-electron chi connectivity index (χ1n) is 7.64. The first-order valence-corrected chi connectivity index (χ1v) is 8.45. The van der Waals surface area contributed by atoms with Crippen molar-refractivity contribution in [3.8, 4) is 17.2 Å². The molecule has 1 saturated carbocycles. The molecular formula is C19H13N3OS. The molecule has 0 atom stereocenters. The van der Waals surface area contributed by atoms with Crippen LogP contribution in [0.1, 0.15) is 18.4 Å². The SMILES string of the molecule is N#Cc1ccc(-c2cncnc2SC2(C=O)CC2)c2ccccc12. The Morgan fingerprint density at radius 2 is 1.92 bits per heavy atom. The van der Waals surface area contributed by atoms with E-state index >= 15 is 0 Å². The molecule has 1 heterocycles. The second kappa shape index (κ2) is 5.73. The summed E-state index contributed by atoms with van der Waals surface area (Å²) in [4.78, 5) is 19.9. The highest BCUT2D eigenvalue weighted by atomic mass is 32.2. The Hall–Kier alpha value is -2.71. The van der Waals surface area contributed by atoms with Crippen molar-refractivity contribution in [2.75, 3.05) is 0 Å². The summed E-state index contributed by atoms with van der Waals surface area (Å²) in [6, 6.07) is 13.8. The first kappa shape index (κ1) is 14.9. The van der Waals surface area contributed by atoms with Gasteiger partial charge in [0.25, 0.3) is 0 Å². The number of nitriles is 1. The van der Waals surface area contributed by atoms with E-state index in [-0.39, 0.29) is 4.75 Å². The molecule has 0 bridgehead atoms. The van der Waals surface area contributed by atoms with E-state index in [0.717, 1.165) is 46.1 Å². The number of carbonyl (C=O) groups excluding carboxylic acids is 1. The summed E-state index contributed by atoms with van der Waals surface area (Å²) >= 11 is 1.51. The van der Waals surface area contributed by atoms with E-state index in [9.17, 15) is 10.1 Å². The van der Waals surface area contributed by atoms with Crippen molar-refractivity contribution in [2.45, 2.75) is 22.6 Å². The molecule has 3 aromatic rings. The highest BCUT2D eigenvalue weighted by Gasteiger charge is 2.44. The lowest BCUT2D eigenvalue weighted by atomic mass is 9.97. The van der Waals surface area contributed by atoms with E-state index in [4.69, 9.17) is 0 Å². The number of nitrogens with zero attached hydrogens (tertiary/aromatic N) is 3. The normalized spacial score (nSPS) is 15.0. The standard InChI is InChI=1S/C19H13N3OS/c20-9-13-5-6-16(15-4-2-1-3-14(13)15)17-10-21-12-22-18(17)24-19(11-23)7-8-19/h1-6,10-12H,7-8H2. The summed E-state index contributed by atoms with van der Waals surface area (Å²) in [7, 11) is 0. The number of aldehydes is 1. The lowest BCUT2D eigenvalue weighted by molar-refractivity contribution is -0.107. The van der Waals surface area contributed by atoms with E-state index in [1.807, 2.05) is 36.4 Å². The van der Waals surface area contributed by atoms with Crippen molar-refractivity contribution in [3.05, 3.63) is 54.5 Å². The number of hydrogen-bond donors (Lipinski definition) is 0. The fourth-order valence-electron chi connectivity index (χ4n) is 2.78. The Bertz CT molecular complexity index is 989. The maximum atomic E-state index is 11.3. The van der Waals surface area contributed by atoms with Crippen LogP contribution in [0.4, 0.5) is 0 Å². The zero-order chi connectivity index (χ0) is 16.6. The minimum Gasteiger partial charge on any atom is -0.302 e. The Morgan fingerprint density at radius 1 is 1.12 bits per heavy atom. The van der Waals surface area contributed by atoms with Crippen molar-refractivity contribution in [3.63, 3.8) is 0 Å². The van der Waals surface area contributed by atoms with Gasteiger partial charge in [0.15, 0.2) is 0 Å². The average Bonchev–Trinajstić information content (AvgIpc) is 3.41. The van der Waals surface area contributed by atoms with Crippen LogP contribution in [0.15, 0.2) is 53.9 Å². The molecule has 0 radical (unpaired) electrons. The van der Waals surface area contributed by atoms with Crippen LogP contribution < -0.4 is 0 Å². The number of carbonyl (C=O) groups is 1. The molecule has 0 unspecified atom stereocenters. The van der Waals surface area contributed by atoms with Crippen LogP contribution in [0.25, 0.3) is 21.9 Å². The van der Waals surface area contributed by atoms with Gasteiger partial charge in [-0.25, -0.2) is 9.97 Å². The van der Waals surface area contributed by atoms with Crippen LogP contribution in [0, 0.1) is 11.3 Å². The minimum absolute atomic E-state index is 0.328. The Labute approximate surface area is 143 Å². The number of thioether (sulfide) groups is 1. The number of hydrogen-bond acceptors (Lipinski definition) is 5. The van der Waals surface area contributed by atoms with Gasteiger partial charge in [0, 0.05) is 17.1 Å². The van der Waals surface area contributed by atoms with Gasteiger partial charge in [0.05, 0.1) is 16.4 Å². The van der Waals surface area contributed by atoms with Gasteiger partial charge in [-0.3, -0.25) is 0 Å². The molecule has 1 aromatic heterocycles. The number of rotatable bonds is 4.